The number of aliphatic imine (C=N–C) groups is 1. The van der Waals surface area contributed by atoms with Gasteiger partial charge in [-0.05, 0) is 28.0 Å². The van der Waals surface area contributed by atoms with Crippen LogP contribution in [0.15, 0.2) is 17.1 Å². The van der Waals surface area contributed by atoms with Crippen molar-refractivity contribution >= 4 is 17.7 Å². The number of carbonyl (C=O) groups excluding carboxylic acids is 1. The second-order valence-corrected chi connectivity index (χ2v) is 7.85. The summed E-state index contributed by atoms with van der Waals surface area (Å²) in [6, 6.07) is 4.27. The molecule has 0 aromatic heterocycles. The molecule has 0 saturated carbocycles. The summed E-state index contributed by atoms with van der Waals surface area (Å²) in [5.74, 6) is 0.0736. The van der Waals surface area contributed by atoms with Crippen LogP contribution in [0, 0.1) is 5.92 Å². The van der Waals surface area contributed by atoms with Gasteiger partial charge < -0.3 is 0 Å². The maximum absolute atomic E-state index is 12.6. The molecule has 2 rings (SSSR count). The van der Waals surface area contributed by atoms with Gasteiger partial charge in [0, 0.05) is 11.8 Å². The van der Waals surface area contributed by atoms with E-state index in [1.165, 1.54) is 5.56 Å². The quantitative estimate of drug-likeness (QED) is 0.665. The molecule has 0 spiro atoms. The monoisotopic (exact) mass is 271 g/mol. The molecule has 2 nitrogen and oxygen atoms in total. The van der Waals surface area contributed by atoms with E-state index in [1.807, 2.05) is 6.92 Å². The molecule has 0 bridgehead atoms. The molecule has 0 aliphatic carbocycles. The fourth-order valence-electron chi connectivity index (χ4n) is 2.50. The fourth-order valence-corrected chi connectivity index (χ4v) is 2.50. The Kier molecular flexibility index (Phi) is 3.40. The summed E-state index contributed by atoms with van der Waals surface area (Å²) in [5, 5.41) is 0. The summed E-state index contributed by atoms with van der Waals surface area (Å²) in [6.07, 6.45) is 1.77. The van der Waals surface area contributed by atoms with Crippen LogP contribution in [0.25, 0.3) is 0 Å². The Labute approximate surface area is 122 Å². The summed E-state index contributed by atoms with van der Waals surface area (Å²) in [6.45, 7) is 15.0. The molecule has 108 valence electrons. The average molecular weight is 271 g/mol. The molecule has 20 heavy (non-hydrogen) atoms. The minimum Gasteiger partial charge on any atom is -0.293 e. The number of carbonyl (C=O) groups is 1. The number of ketones is 1. The van der Waals surface area contributed by atoms with Crippen molar-refractivity contribution in [2.45, 2.75) is 59.3 Å². The van der Waals surface area contributed by atoms with E-state index < -0.39 is 0 Å². The Balaban J connectivity index is 2.78. The van der Waals surface area contributed by atoms with E-state index >= 15 is 0 Å². The van der Waals surface area contributed by atoms with Gasteiger partial charge in [0.25, 0.3) is 0 Å². The summed E-state index contributed by atoms with van der Waals surface area (Å²) < 4.78 is 0. The normalized spacial score (nSPS) is 19.1. The van der Waals surface area contributed by atoms with E-state index in [0.717, 1.165) is 16.8 Å². The zero-order valence-electron chi connectivity index (χ0n) is 13.7. The number of fused-ring (bicyclic) bond motifs is 1. The summed E-state index contributed by atoms with van der Waals surface area (Å²) in [4.78, 5) is 17.1. The van der Waals surface area contributed by atoms with E-state index in [4.69, 9.17) is 0 Å². The third-order valence-electron chi connectivity index (χ3n) is 3.89. The SMILES string of the molecule is CC1C=Nc2cc(C(C)(C)C)cc(C(C)(C)C)c2C1=O. The lowest BCUT2D eigenvalue weighted by molar-refractivity contribution is 0.0960. The maximum Gasteiger partial charge on any atom is 0.173 e. The smallest absolute Gasteiger partial charge is 0.173 e. The van der Waals surface area contributed by atoms with Crippen molar-refractivity contribution < 1.29 is 4.79 Å². The predicted molar refractivity (Wildman–Crippen MR) is 85.5 cm³/mol. The minimum absolute atomic E-state index is 0.0522. The summed E-state index contributed by atoms with van der Waals surface area (Å²) >= 11 is 0. The zero-order chi connectivity index (χ0) is 15.3. The first kappa shape index (κ1) is 15.0. The first-order valence-corrected chi connectivity index (χ1v) is 7.29. The molecule has 0 amide bonds. The highest BCUT2D eigenvalue weighted by atomic mass is 16.1. The van der Waals surface area contributed by atoms with Crippen molar-refractivity contribution in [3.8, 4) is 0 Å². The molecular weight excluding hydrogens is 246 g/mol. The second kappa shape index (κ2) is 4.54. The number of benzene rings is 1. The molecule has 2 heteroatoms. The van der Waals surface area contributed by atoms with Gasteiger partial charge in [0.1, 0.15) is 0 Å². The van der Waals surface area contributed by atoms with Gasteiger partial charge in [0.05, 0.1) is 11.6 Å². The number of Topliss-reactive ketones (excluding diaryl/α,β-unsaturated/α-hetero) is 1. The van der Waals surface area contributed by atoms with Crippen molar-refractivity contribution in [1.82, 2.24) is 0 Å². The number of nitrogens with zero attached hydrogens (tertiary/aromatic N) is 1. The Hall–Kier alpha value is -1.44. The standard InChI is InChI=1S/C18H25NO/c1-11-10-19-14-9-12(17(2,3)4)8-13(18(5,6)7)15(14)16(11)20/h8-11H,1-7H3. The highest BCUT2D eigenvalue weighted by Gasteiger charge is 2.31. The largest absolute Gasteiger partial charge is 0.293 e. The van der Waals surface area contributed by atoms with E-state index in [2.05, 4.69) is 58.7 Å². The molecule has 1 heterocycles. The van der Waals surface area contributed by atoms with Gasteiger partial charge in [-0.2, -0.15) is 0 Å². The molecular formula is C18H25NO. The molecule has 1 atom stereocenters. The van der Waals surface area contributed by atoms with Crippen LogP contribution in [0.1, 0.15) is 70.0 Å². The summed E-state index contributed by atoms with van der Waals surface area (Å²) in [7, 11) is 0. The van der Waals surface area contributed by atoms with Crippen molar-refractivity contribution in [3.63, 3.8) is 0 Å². The Morgan fingerprint density at radius 2 is 1.60 bits per heavy atom. The predicted octanol–water partition coefficient (Wildman–Crippen LogP) is 4.82. The Bertz CT molecular complexity index is 583. The van der Waals surface area contributed by atoms with E-state index in [-0.39, 0.29) is 22.5 Å². The molecule has 1 aliphatic rings. The van der Waals surface area contributed by atoms with E-state index in [9.17, 15) is 4.79 Å². The van der Waals surface area contributed by atoms with Crippen LogP contribution >= 0.6 is 0 Å². The first-order chi connectivity index (χ1) is 9.01. The lowest BCUT2D eigenvalue weighted by Crippen LogP contribution is -2.25. The number of hydrogen-bond donors (Lipinski definition) is 0. The van der Waals surface area contributed by atoms with E-state index in [1.54, 1.807) is 6.21 Å². The van der Waals surface area contributed by atoms with Crippen molar-refractivity contribution in [3.05, 3.63) is 28.8 Å². The molecule has 1 aromatic rings. The molecule has 0 saturated heterocycles. The highest BCUT2D eigenvalue weighted by Crippen LogP contribution is 2.39. The molecule has 0 N–H and O–H groups in total. The maximum atomic E-state index is 12.6. The lowest BCUT2D eigenvalue weighted by Gasteiger charge is -2.30. The molecule has 0 fully saturated rings. The van der Waals surface area contributed by atoms with Crippen LogP contribution in [0.5, 0.6) is 0 Å². The molecule has 1 unspecified atom stereocenters. The Morgan fingerprint density at radius 1 is 1.00 bits per heavy atom. The van der Waals surface area contributed by atoms with Gasteiger partial charge in [-0.3, -0.25) is 9.79 Å². The molecule has 1 aromatic carbocycles. The number of hydrogen-bond acceptors (Lipinski definition) is 2. The van der Waals surface area contributed by atoms with Crippen molar-refractivity contribution in [2.24, 2.45) is 10.9 Å². The van der Waals surface area contributed by atoms with Crippen molar-refractivity contribution in [2.75, 3.05) is 0 Å². The van der Waals surface area contributed by atoms with Gasteiger partial charge in [0.2, 0.25) is 0 Å². The first-order valence-electron chi connectivity index (χ1n) is 7.29. The molecule has 0 radical (unpaired) electrons. The Morgan fingerprint density at radius 3 is 2.10 bits per heavy atom. The van der Waals surface area contributed by atoms with Crippen LogP contribution in [0.3, 0.4) is 0 Å². The van der Waals surface area contributed by atoms with Gasteiger partial charge in [-0.15, -0.1) is 0 Å². The minimum atomic E-state index is -0.121. The van der Waals surface area contributed by atoms with Gasteiger partial charge >= 0.3 is 0 Å². The fraction of sp³-hybridized carbons (Fsp3) is 0.556. The number of rotatable bonds is 0. The van der Waals surface area contributed by atoms with Crippen LogP contribution in [0.4, 0.5) is 5.69 Å². The topological polar surface area (TPSA) is 29.4 Å². The van der Waals surface area contributed by atoms with Crippen LogP contribution in [0.2, 0.25) is 0 Å². The average Bonchev–Trinajstić information content (AvgIpc) is 2.30. The van der Waals surface area contributed by atoms with Crippen LogP contribution in [-0.2, 0) is 10.8 Å². The molecule has 1 aliphatic heterocycles. The van der Waals surface area contributed by atoms with Gasteiger partial charge in [-0.25, -0.2) is 0 Å². The highest BCUT2D eigenvalue weighted by molar-refractivity contribution is 6.13. The second-order valence-electron chi connectivity index (χ2n) is 7.85. The van der Waals surface area contributed by atoms with Crippen LogP contribution in [-0.4, -0.2) is 12.0 Å². The zero-order valence-corrected chi connectivity index (χ0v) is 13.7. The van der Waals surface area contributed by atoms with Gasteiger partial charge in [0.15, 0.2) is 5.78 Å². The lowest BCUT2D eigenvalue weighted by atomic mass is 9.75. The third-order valence-corrected chi connectivity index (χ3v) is 3.89. The van der Waals surface area contributed by atoms with Gasteiger partial charge in [-0.1, -0.05) is 54.5 Å². The van der Waals surface area contributed by atoms with E-state index in [0.29, 0.717) is 0 Å². The third kappa shape index (κ3) is 2.56. The van der Waals surface area contributed by atoms with Crippen molar-refractivity contribution in [1.29, 1.82) is 0 Å². The summed E-state index contributed by atoms with van der Waals surface area (Å²) in [5.41, 5.74) is 4.00. The van der Waals surface area contributed by atoms with Crippen LogP contribution < -0.4 is 0 Å².